The van der Waals surface area contributed by atoms with E-state index in [0.717, 1.165) is 12.8 Å². The molecule has 2 aromatic heterocycles. The maximum absolute atomic E-state index is 13.4. The minimum Gasteiger partial charge on any atom is -0.352 e. The number of nitrogens with one attached hydrogen (secondary N) is 1. The highest BCUT2D eigenvalue weighted by Crippen LogP contribution is 2.27. The Hall–Kier alpha value is -3.00. The third kappa shape index (κ3) is 4.28. The number of carbonyl (C=O) groups is 1. The lowest BCUT2D eigenvalue weighted by Crippen LogP contribution is -2.40. The van der Waals surface area contributed by atoms with E-state index in [1.807, 2.05) is 43.0 Å². The highest BCUT2D eigenvalue weighted by Gasteiger charge is 2.31. The number of rotatable bonds is 6. The second-order valence-corrected chi connectivity index (χ2v) is 7.99. The van der Waals surface area contributed by atoms with Crippen LogP contribution in [-0.2, 0) is 0 Å². The van der Waals surface area contributed by atoms with E-state index in [-0.39, 0.29) is 17.9 Å². The van der Waals surface area contributed by atoms with Gasteiger partial charge in [-0.3, -0.25) is 4.79 Å². The van der Waals surface area contributed by atoms with Crippen molar-refractivity contribution in [2.45, 2.75) is 38.6 Å². The Morgan fingerprint density at radius 3 is 2.80 bits per heavy atom. The van der Waals surface area contributed by atoms with Gasteiger partial charge in [-0.15, -0.1) is 0 Å². The number of aromatic nitrogens is 4. The molecule has 1 aliphatic rings. The molecule has 156 valence electrons. The number of halogens is 1. The average Bonchev–Trinajstić information content (AvgIpc) is 3.43. The molecular weight excluding hydrogens is 404 g/mol. The molecule has 30 heavy (non-hydrogen) atoms. The average molecular weight is 427 g/mol. The van der Waals surface area contributed by atoms with Crippen molar-refractivity contribution >= 4 is 23.5 Å². The van der Waals surface area contributed by atoms with Gasteiger partial charge in [0.05, 0.1) is 28.5 Å². The molecule has 4 rings (SSSR count). The van der Waals surface area contributed by atoms with Crippen LogP contribution in [0.1, 0.15) is 48.8 Å². The fourth-order valence-corrected chi connectivity index (χ4v) is 3.62. The summed E-state index contributed by atoms with van der Waals surface area (Å²) < 4.78 is 5.44. The number of hydrogen-bond acceptors (Lipinski definition) is 7. The highest BCUT2D eigenvalue weighted by molar-refractivity contribution is 6.30. The molecule has 0 spiro atoms. The van der Waals surface area contributed by atoms with Gasteiger partial charge in [0.15, 0.2) is 5.82 Å². The molecule has 3 aromatic rings. The first-order chi connectivity index (χ1) is 14.5. The van der Waals surface area contributed by atoms with E-state index in [4.69, 9.17) is 16.1 Å². The van der Waals surface area contributed by atoms with Gasteiger partial charge in [-0.25, -0.2) is 9.97 Å². The molecule has 1 unspecified atom stereocenters. The van der Waals surface area contributed by atoms with E-state index < -0.39 is 0 Å². The van der Waals surface area contributed by atoms with E-state index in [0.29, 0.717) is 46.9 Å². The number of hydrogen-bond donors (Lipinski definition) is 1. The SMILES string of the molecule is CC(C)c1noc(-c2ccccc2C(=O)N2CCCC2CNc2ncc(Cl)cn2)n1. The first-order valence-corrected chi connectivity index (χ1v) is 10.4. The molecule has 8 nitrogen and oxygen atoms in total. The first kappa shape index (κ1) is 20.3. The Balaban J connectivity index is 1.52. The van der Waals surface area contributed by atoms with Crippen LogP contribution in [0.5, 0.6) is 0 Å². The Morgan fingerprint density at radius 1 is 1.30 bits per heavy atom. The van der Waals surface area contributed by atoms with Crippen LogP contribution in [0.4, 0.5) is 5.95 Å². The molecule has 0 bridgehead atoms. The summed E-state index contributed by atoms with van der Waals surface area (Å²) >= 11 is 5.83. The molecule has 1 N–H and O–H groups in total. The van der Waals surface area contributed by atoms with Gasteiger partial charge in [-0.2, -0.15) is 4.98 Å². The van der Waals surface area contributed by atoms with Gasteiger partial charge < -0.3 is 14.7 Å². The zero-order valence-corrected chi connectivity index (χ0v) is 17.6. The standard InChI is InChI=1S/C21H23ClN6O2/c1-13(2)18-26-19(30-27-18)16-7-3-4-8-17(16)20(29)28-9-5-6-15(28)12-25-21-23-10-14(22)11-24-21/h3-4,7-8,10-11,13,15H,5-6,9,12H2,1-2H3,(H,23,24,25). The normalized spacial score (nSPS) is 16.3. The minimum atomic E-state index is -0.0452. The van der Waals surface area contributed by atoms with Crippen molar-refractivity contribution in [2.24, 2.45) is 0 Å². The summed E-state index contributed by atoms with van der Waals surface area (Å²) in [6.07, 6.45) is 4.94. The molecule has 1 fully saturated rings. The molecule has 1 amide bonds. The van der Waals surface area contributed by atoms with Crippen molar-refractivity contribution in [1.29, 1.82) is 0 Å². The fourth-order valence-electron chi connectivity index (χ4n) is 3.52. The maximum Gasteiger partial charge on any atom is 0.258 e. The quantitative estimate of drug-likeness (QED) is 0.635. The number of carbonyl (C=O) groups excluding carboxylic acids is 1. The molecule has 1 aromatic carbocycles. The second-order valence-electron chi connectivity index (χ2n) is 7.56. The summed E-state index contributed by atoms with van der Waals surface area (Å²) in [4.78, 5) is 28.1. The molecule has 0 radical (unpaired) electrons. The van der Waals surface area contributed by atoms with Crippen molar-refractivity contribution in [2.75, 3.05) is 18.4 Å². The summed E-state index contributed by atoms with van der Waals surface area (Å²) in [6.45, 7) is 5.26. The van der Waals surface area contributed by atoms with Gasteiger partial charge in [0.1, 0.15) is 0 Å². The van der Waals surface area contributed by atoms with Crippen LogP contribution in [0.2, 0.25) is 5.02 Å². The predicted molar refractivity (Wildman–Crippen MR) is 113 cm³/mol. The molecular formula is C21H23ClN6O2. The smallest absolute Gasteiger partial charge is 0.258 e. The molecule has 1 aliphatic heterocycles. The maximum atomic E-state index is 13.4. The minimum absolute atomic E-state index is 0.0405. The zero-order valence-electron chi connectivity index (χ0n) is 16.9. The number of anilines is 1. The van der Waals surface area contributed by atoms with Crippen molar-refractivity contribution in [3.8, 4) is 11.5 Å². The van der Waals surface area contributed by atoms with Crippen LogP contribution >= 0.6 is 11.6 Å². The lowest BCUT2D eigenvalue weighted by molar-refractivity contribution is 0.0744. The Morgan fingerprint density at radius 2 is 2.07 bits per heavy atom. The van der Waals surface area contributed by atoms with E-state index >= 15 is 0 Å². The van der Waals surface area contributed by atoms with Gasteiger partial charge in [0, 0.05) is 25.0 Å². The van der Waals surface area contributed by atoms with Crippen LogP contribution in [0.3, 0.4) is 0 Å². The lowest BCUT2D eigenvalue weighted by Gasteiger charge is -2.25. The predicted octanol–water partition coefficient (Wildman–Crippen LogP) is 4.02. The number of likely N-dealkylation sites (tertiary alicyclic amines) is 1. The summed E-state index contributed by atoms with van der Waals surface area (Å²) in [7, 11) is 0. The van der Waals surface area contributed by atoms with Crippen LogP contribution in [0.15, 0.2) is 41.2 Å². The molecule has 0 saturated carbocycles. The van der Waals surface area contributed by atoms with Gasteiger partial charge in [-0.1, -0.05) is 42.7 Å². The van der Waals surface area contributed by atoms with E-state index in [1.165, 1.54) is 0 Å². The summed E-state index contributed by atoms with van der Waals surface area (Å²) in [5.74, 6) is 1.58. The van der Waals surface area contributed by atoms with Crippen LogP contribution in [0.25, 0.3) is 11.5 Å². The van der Waals surface area contributed by atoms with E-state index in [9.17, 15) is 4.79 Å². The molecule has 1 atom stereocenters. The fraction of sp³-hybridized carbons (Fsp3) is 0.381. The molecule has 9 heteroatoms. The zero-order chi connectivity index (χ0) is 21.1. The molecule has 1 saturated heterocycles. The molecule has 0 aliphatic carbocycles. The third-order valence-electron chi connectivity index (χ3n) is 5.10. The van der Waals surface area contributed by atoms with Gasteiger partial charge in [-0.05, 0) is 25.0 Å². The van der Waals surface area contributed by atoms with Crippen molar-refractivity contribution in [3.05, 3.63) is 53.1 Å². The first-order valence-electron chi connectivity index (χ1n) is 9.98. The third-order valence-corrected chi connectivity index (χ3v) is 5.30. The molecule has 3 heterocycles. The van der Waals surface area contributed by atoms with E-state index in [1.54, 1.807) is 12.4 Å². The second kappa shape index (κ2) is 8.79. The van der Waals surface area contributed by atoms with Gasteiger partial charge in [0.2, 0.25) is 5.95 Å². The van der Waals surface area contributed by atoms with Crippen LogP contribution in [0, 0.1) is 0 Å². The monoisotopic (exact) mass is 426 g/mol. The Labute approximate surface area is 179 Å². The number of nitrogens with zero attached hydrogens (tertiary/aromatic N) is 5. The van der Waals surface area contributed by atoms with Crippen LogP contribution < -0.4 is 5.32 Å². The van der Waals surface area contributed by atoms with E-state index in [2.05, 4.69) is 25.4 Å². The summed E-state index contributed by atoms with van der Waals surface area (Å²) in [6, 6.07) is 7.41. The Kier molecular flexibility index (Phi) is 5.94. The van der Waals surface area contributed by atoms with Gasteiger partial charge >= 0.3 is 0 Å². The van der Waals surface area contributed by atoms with Gasteiger partial charge in [0.25, 0.3) is 11.8 Å². The summed E-state index contributed by atoms with van der Waals surface area (Å²) in [5.41, 5.74) is 1.22. The largest absolute Gasteiger partial charge is 0.352 e. The van der Waals surface area contributed by atoms with Crippen molar-refractivity contribution in [1.82, 2.24) is 25.0 Å². The summed E-state index contributed by atoms with van der Waals surface area (Å²) in [5, 5.41) is 7.71. The Bertz CT molecular complexity index is 1020. The number of benzene rings is 1. The topological polar surface area (TPSA) is 97.0 Å². The van der Waals surface area contributed by atoms with Crippen molar-refractivity contribution in [3.63, 3.8) is 0 Å². The number of amides is 1. The van der Waals surface area contributed by atoms with Crippen LogP contribution in [-0.4, -0.2) is 50.0 Å². The lowest BCUT2D eigenvalue weighted by atomic mass is 10.1. The van der Waals surface area contributed by atoms with Crippen molar-refractivity contribution < 1.29 is 9.32 Å². The highest BCUT2D eigenvalue weighted by atomic mass is 35.5.